The van der Waals surface area contributed by atoms with Crippen molar-refractivity contribution in [2.45, 2.75) is 211 Å². The zero-order valence-electron chi connectivity index (χ0n) is 56.9. The van der Waals surface area contributed by atoms with Gasteiger partial charge in [0, 0.05) is 77.9 Å². The second-order valence-electron chi connectivity index (χ2n) is 14.8. The number of carbonyl (C=O) groups excluding carboxylic acids is 8. The number of ketones is 4. The van der Waals surface area contributed by atoms with Crippen LogP contribution in [0.4, 0.5) is 0 Å². The highest BCUT2D eigenvalue weighted by atomic mass is 16.2. The summed E-state index contributed by atoms with van der Waals surface area (Å²) in [7, 11) is 0. The van der Waals surface area contributed by atoms with Crippen molar-refractivity contribution in [3.8, 4) is 0 Å². The third kappa shape index (κ3) is 17.1. The predicted molar refractivity (Wildman–Crippen MR) is 240 cm³/mol. The van der Waals surface area contributed by atoms with Gasteiger partial charge in [-0.2, -0.15) is 0 Å². The molecular formula is C48H86N4O8. The molecule has 12 nitrogen and oxygen atoms in total. The lowest BCUT2D eigenvalue weighted by molar-refractivity contribution is -0.135. The van der Waals surface area contributed by atoms with Crippen LogP contribution in [0, 0.1) is 23.6 Å². The molecule has 4 rings (SSSR count). The summed E-state index contributed by atoms with van der Waals surface area (Å²) >= 11 is 0. The summed E-state index contributed by atoms with van der Waals surface area (Å²) in [5, 5.41) is 0. The number of carbonyl (C=O) groups is 8. The summed E-state index contributed by atoms with van der Waals surface area (Å²) < 4.78 is 154. The number of Topliss-reactive ketones (excluding diaryl/α,β-unsaturated/α-hetero) is 4. The molecule has 12 heteroatoms. The summed E-state index contributed by atoms with van der Waals surface area (Å²) in [5.41, 5.74) is 0. The molecule has 0 N–H and O–H groups in total. The van der Waals surface area contributed by atoms with Crippen molar-refractivity contribution in [1.82, 2.24) is 19.6 Å². The highest BCUT2D eigenvalue weighted by molar-refractivity contribution is 5.90. The Kier molecular flexibility index (Phi) is 14.8. The van der Waals surface area contributed by atoms with Crippen molar-refractivity contribution in [2.24, 2.45) is 23.6 Å². The molecule has 0 aromatic heterocycles. The number of likely N-dealkylation sites (tertiary alicyclic amines) is 4. The number of nitrogens with zero attached hydrogens (tertiary/aromatic N) is 4. The van der Waals surface area contributed by atoms with Crippen molar-refractivity contribution in [3.05, 3.63) is 0 Å². The van der Waals surface area contributed by atoms with Gasteiger partial charge in [-0.05, 0) is 96.1 Å². The molecular weight excluding hydrogens is 761 g/mol. The van der Waals surface area contributed by atoms with Crippen LogP contribution in [0.1, 0.15) is 214 Å². The van der Waals surface area contributed by atoms with Gasteiger partial charge in [-0.15, -0.1) is 0 Å². The lowest BCUT2D eigenvalue weighted by Gasteiger charge is -2.24. The summed E-state index contributed by atoms with van der Waals surface area (Å²) in [6, 6.07) is -4.16. The molecule has 8 atom stereocenters. The molecule has 4 fully saturated rings. The first kappa shape index (κ1) is 30.6. The lowest BCUT2D eigenvalue weighted by atomic mass is 10.0. The van der Waals surface area contributed by atoms with Crippen LogP contribution in [-0.4, -0.2) is 117 Å². The maximum atomic E-state index is 12.2. The van der Waals surface area contributed by atoms with Crippen molar-refractivity contribution < 1.29 is 65.8 Å². The molecule has 0 aromatic rings. The molecule has 60 heavy (non-hydrogen) atoms. The predicted octanol–water partition coefficient (Wildman–Crippen LogP) is 8.26. The zero-order chi connectivity index (χ0) is 62.8. The fourth-order valence-corrected chi connectivity index (χ4v) is 7.63. The van der Waals surface area contributed by atoms with E-state index >= 15 is 0 Å². The average Bonchev–Trinajstić information content (AvgIpc) is 3.99. The summed E-state index contributed by atoms with van der Waals surface area (Å²) in [6.07, 6.45) is -14.7. The number of hydrogen-bond acceptors (Lipinski definition) is 8. The van der Waals surface area contributed by atoms with E-state index < -0.39 is 124 Å². The normalized spacial score (nSPS) is 32.9. The third-order valence-electron chi connectivity index (χ3n) is 10.3. The van der Waals surface area contributed by atoms with Crippen LogP contribution in [0.3, 0.4) is 0 Å². The second kappa shape index (κ2) is 29.0. The minimum absolute atomic E-state index is 0. The monoisotopic (exact) mass is 867 g/mol. The average molecular weight is 867 g/mol. The van der Waals surface area contributed by atoms with Crippen molar-refractivity contribution in [3.63, 3.8) is 0 Å². The van der Waals surface area contributed by atoms with Gasteiger partial charge < -0.3 is 19.6 Å². The van der Waals surface area contributed by atoms with E-state index in [0.717, 1.165) is 20.8 Å². The molecule has 4 aliphatic heterocycles. The van der Waals surface area contributed by atoms with Crippen LogP contribution in [0.15, 0.2) is 0 Å². The van der Waals surface area contributed by atoms with E-state index in [4.69, 9.17) is 27.4 Å². The van der Waals surface area contributed by atoms with Crippen molar-refractivity contribution >= 4 is 46.8 Å². The summed E-state index contributed by atoms with van der Waals surface area (Å²) in [4.78, 5) is 99.0. The zero-order valence-corrected chi connectivity index (χ0v) is 36.9. The Morgan fingerprint density at radius 2 is 0.983 bits per heavy atom. The lowest BCUT2D eigenvalue weighted by Crippen LogP contribution is -2.40. The molecule has 4 heterocycles. The van der Waals surface area contributed by atoms with Gasteiger partial charge in [0.2, 0.25) is 23.6 Å². The Bertz CT molecular complexity index is 2250. The summed E-state index contributed by atoms with van der Waals surface area (Å²) in [5.74, 6) is -8.00. The third-order valence-corrected chi connectivity index (χ3v) is 10.3. The van der Waals surface area contributed by atoms with E-state index in [1.807, 2.05) is 6.92 Å². The fraction of sp³-hybridized carbons (Fsp3) is 0.833. The Labute approximate surface area is 392 Å². The van der Waals surface area contributed by atoms with Crippen molar-refractivity contribution in [1.29, 1.82) is 0 Å². The Morgan fingerprint density at radius 3 is 1.38 bits per heavy atom. The maximum Gasteiger partial charge on any atom is 0.223 e. The van der Waals surface area contributed by atoms with Crippen LogP contribution >= 0.6 is 0 Å². The number of amides is 4. The molecule has 0 spiro atoms. The molecule has 0 aliphatic carbocycles. The minimum atomic E-state index is -3.18. The van der Waals surface area contributed by atoms with Gasteiger partial charge in [-0.3, -0.25) is 38.4 Å². The molecule has 4 aliphatic rings. The van der Waals surface area contributed by atoms with E-state index in [-0.39, 0.29) is 68.1 Å². The Hall–Kier alpha value is -3.44. The van der Waals surface area contributed by atoms with Gasteiger partial charge in [0.25, 0.3) is 0 Å². The van der Waals surface area contributed by atoms with E-state index in [0.29, 0.717) is 43.5 Å². The van der Waals surface area contributed by atoms with Gasteiger partial charge in [-0.1, -0.05) is 88.2 Å². The molecule has 346 valence electrons. The fourth-order valence-electron chi connectivity index (χ4n) is 7.63. The molecule has 4 saturated heterocycles. The van der Waals surface area contributed by atoms with E-state index in [1.54, 1.807) is 18.7 Å². The molecule has 0 aromatic carbocycles. The molecule has 0 unspecified atom stereocenters. The topological polar surface area (TPSA) is 150 Å². The van der Waals surface area contributed by atoms with E-state index in [2.05, 4.69) is 0 Å². The van der Waals surface area contributed by atoms with Gasteiger partial charge in [-0.25, -0.2) is 0 Å². The van der Waals surface area contributed by atoms with Gasteiger partial charge in [0.15, 0.2) is 23.1 Å². The number of hydrogen-bond donors (Lipinski definition) is 0. The van der Waals surface area contributed by atoms with Gasteiger partial charge in [0.1, 0.15) is 0 Å². The first-order chi connectivity index (χ1) is 35.0. The molecule has 4 amide bonds. The highest BCUT2D eigenvalue weighted by Crippen LogP contribution is 2.28. The van der Waals surface area contributed by atoms with Gasteiger partial charge in [0.05, 0.1) is 25.5 Å². The van der Waals surface area contributed by atoms with Crippen LogP contribution in [0.5, 0.6) is 0 Å². The van der Waals surface area contributed by atoms with Crippen LogP contribution in [-0.2, 0) is 38.4 Å². The Morgan fingerprint density at radius 1 is 0.583 bits per heavy atom. The maximum absolute atomic E-state index is 12.2. The van der Waals surface area contributed by atoms with E-state index in [1.165, 1.54) is 44.4 Å². The standard InChI is InChI=1S/3C12H21NO2.C11H19NO2.CH4/c3*1-4-6-10-7-12(15)13(8-10)11(5-2)9(3)14;1-4-9-6-11(14)12(7-9)10(5-2)8(3)13;/h3*10-11H,4-8H2,1-3H3;9-10H,4-7H2,1-3H3;1H4/t3*10-,11+;9-,10+;/m1111./s1/i4D2,6D2,10D;4D2,6D2;4D2;1D3,4D2,5D2,9D,10D;. The van der Waals surface area contributed by atoms with E-state index in [9.17, 15) is 38.4 Å². The highest BCUT2D eigenvalue weighted by Gasteiger charge is 2.37. The van der Waals surface area contributed by atoms with Crippen LogP contribution in [0.25, 0.3) is 0 Å². The second-order valence-corrected chi connectivity index (χ2v) is 14.8. The molecule has 0 saturated carbocycles. The first-order valence-corrected chi connectivity index (χ1v) is 20.3. The van der Waals surface area contributed by atoms with Gasteiger partial charge >= 0.3 is 0 Å². The molecule has 0 bridgehead atoms. The van der Waals surface area contributed by atoms with Crippen LogP contribution < -0.4 is 0 Å². The summed E-state index contributed by atoms with van der Waals surface area (Å²) in [6.45, 7) is 11.7. The largest absolute Gasteiger partial charge is 0.332 e. The number of rotatable bonds is 19. The smallest absolute Gasteiger partial charge is 0.223 e. The SMILES string of the molecule is C.[2H]C([2H])(C)C([2H])([2H])[C@@H]1CC(=O)N([C@@H](CC)C(C)=O)C1.[2H]C([2H])(C)C([2H])([2H])[C@]1([2H])CC(=O)N([C@@H](CC)C(C)=O)C1.[2H]C([2H])(C)C[C@@H]1CC(=O)N([C@@H](CC)C(C)=O)C1.[2H]C([2H])([2H])C([2H])([2H])[C@]1([2H])CC(=O)N([C@]([2H])(C(C)=O)C([2H])([2H])C)C1. The minimum Gasteiger partial charge on any atom is -0.332 e. The molecule has 0 radical (unpaired) electrons. The first-order valence-electron chi connectivity index (χ1n) is 30.3. The quantitative estimate of drug-likeness (QED) is 0.126. The van der Waals surface area contributed by atoms with Crippen molar-refractivity contribution in [2.75, 3.05) is 26.2 Å². The van der Waals surface area contributed by atoms with Crippen LogP contribution in [0.2, 0.25) is 0 Å². The Balaban J connectivity index is 0.00000104.